The molecule has 0 aliphatic rings. The van der Waals surface area contributed by atoms with Crippen LogP contribution in [-0.4, -0.2) is 25.1 Å². The summed E-state index contributed by atoms with van der Waals surface area (Å²) < 4.78 is 16.3. The van der Waals surface area contributed by atoms with Gasteiger partial charge in [-0.05, 0) is 37.0 Å². The van der Waals surface area contributed by atoms with Crippen LogP contribution in [0, 0.1) is 0 Å². The van der Waals surface area contributed by atoms with E-state index >= 15 is 0 Å². The molecule has 0 bridgehead atoms. The molecule has 3 rings (SSSR count). The van der Waals surface area contributed by atoms with E-state index in [9.17, 15) is 9.59 Å². The van der Waals surface area contributed by atoms with Crippen LogP contribution in [0.15, 0.2) is 52.9 Å². The van der Waals surface area contributed by atoms with E-state index in [1.54, 1.807) is 13.2 Å². The second-order valence-corrected chi connectivity index (χ2v) is 7.27. The van der Waals surface area contributed by atoms with Crippen molar-refractivity contribution in [2.24, 2.45) is 0 Å². The Labute approximate surface area is 176 Å². The molecule has 0 unspecified atom stereocenters. The lowest BCUT2D eigenvalue weighted by atomic mass is 9.97. The maximum absolute atomic E-state index is 12.7. The van der Waals surface area contributed by atoms with E-state index in [2.05, 4.69) is 19.2 Å². The smallest absolute Gasteiger partial charge is 0.375 e. The molecule has 0 radical (unpaired) electrons. The standard InChI is InChI=1S/C24H27NO5/c1-5-15(2)17-10-6-8-12-20(17)25-23(26)16(3)29-24(27)22-19(14-28-4)18-11-7-9-13-21(18)30-22/h6-13,15-16H,5,14H2,1-4H3,(H,25,26)/t15-,16+/m1/s1. The summed E-state index contributed by atoms with van der Waals surface area (Å²) in [4.78, 5) is 25.4. The number of amides is 1. The van der Waals surface area contributed by atoms with E-state index < -0.39 is 18.0 Å². The Balaban J connectivity index is 1.76. The van der Waals surface area contributed by atoms with Crippen LogP contribution < -0.4 is 5.32 Å². The molecule has 0 spiro atoms. The van der Waals surface area contributed by atoms with Crippen LogP contribution in [0.5, 0.6) is 0 Å². The van der Waals surface area contributed by atoms with Gasteiger partial charge in [0.15, 0.2) is 6.10 Å². The number of anilines is 1. The summed E-state index contributed by atoms with van der Waals surface area (Å²) >= 11 is 0. The summed E-state index contributed by atoms with van der Waals surface area (Å²) in [6.07, 6.45) is -0.0442. The highest BCUT2D eigenvalue weighted by molar-refractivity contribution is 5.99. The van der Waals surface area contributed by atoms with Gasteiger partial charge in [-0.3, -0.25) is 4.79 Å². The van der Waals surface area contributed by atoms with Crippen molar-refractivity contribution in [3.8, 4) is 0 Å². The third kappa shape index (κ3) is 4.54. The van der Waals surface area contributed by atoms with Gasteiger partial charge in [-0.15, -0.1) is 0 Å². The SMILES string of the molecule is CC[C@@H](C)c1ccccc1NC(=O)[C@H](C)OC(=O)c1oc2ccccc2c1COC. The number of fused-ring (bicyclic) bond motifs is 1. The molecule has 1 amide bonds. The molecule has 3 aromatic rings. The Kier molecular flexibility index (Phi) is 6.90. The Morgan fingerprint density at radius 3 is 2.50 bits per heavy atom. The van der Waals surface area contributed by atoms with Crippen molar-refractivity contribution in [2.75, 3.05) is 12.4 Å². The number of hydrogen-bond donors (Lipinski definition) is 1. The fraction of sp³-hybridized carbons (Fsp3) is 0.333. The van der Waals surface area contributed by atoms with Crippen molar-refractivity contribution in [1.82, 2.24) is 0 Å². The Morgan fingerprint density at radius 2 is 1.77 bits per heavy atom. The highest BCUT2D eigenvalue weighted by Crippen LogP contribution is 2.28. The van der Waals surface area contributed by atoms with E-state index in [4.69, 9.17) is 13.9 Å². The molecule has 0 fully saturated rings. The fourth-order valence-corrected chi connectivity index (χ4v) is 3.31. The van der Waals surface area contributed by atoms with Gasteiger partial charge in [0.05, 0.1) is 6.61 Å². The highest BCUT2D eigenvalue weighted by atomic mass is 16.6. The minimum atomic E-state index is -0.994. The first-order chi connectivity index (χ1) is 14.5. The Bertz CT molecular complexity index is 1040. The first-order valence-corrected chi connectivity index (χ1v) is 10.1. The van der Waals surface area contributed by atoms with E-state index in [0.717, 1.165) is 23.1 Å². The van der Waals surface area contributed by atoms with Crippen molar-refractivity contribution in [1.29, 1.82) is 0 Å². The zero-order valence-electron chi connectivity index (χ0n) is 17.7. The number of para-hydroxylation sites is 2. The fourth-order valence-electron chi connectivity index (χ4n) is 3.31. The van der Waals surface area contributed by atoms with Gasteiger partial charge in [0, 0.05) is 23.7 Å². The number of carbonyl (C=O) groups excluding carboxylic acids is 2. The van der Waals surface area contributed by atoms with Crippen LogP contribution in [-0.2, 0) is 20.9 Å². The molecule has 0 aliphatic heterocycles. The topological polar surface area (TPSA) is 77.8 Å². The van der Waals surface area contributed by atoms with Crippen molar-refractivity contribution in [3.63, 3.8) is 0 Å². The third-order valence-electron chi connectivity index (χ3n) is 5.19. The highest BCUT2D eigenvalue weighted by Gasteiger charge is 2.26. The molecule has 1 aromatic heterocycles. The number of ether oxygens (including phenoxy) is 2. The molecule has 1 heterocycles. The third-order valence-corrected chi connectivity index (χ3v) is 5.19. The number of furan rings is 1. The van der Waals surface area contributed by atoms with Gasteiger partial charge in [0.2, 0.25) is 5.76 Å². The first-order valence-electron chi connectivity index (χ1n) is 10.1. The molecule has 2 atom stereocenters. The summed E-state index contributed by atoms with van der Waals surface area (Å²) in [5.74, 6) is -0.746. The lowest BCUT2D eigenvalue weighted by Crippen LogP contribution is -2.30. The minimum absolute atomic E-state index is 0.0534. The average molecular weight is 409 g/mol. The second-order valence-electron chi connectivity index (χ2n) is 7.27. The number of carbonyl (C=O) groups is 2. The van der Waals surface area contributed by atoms with Gasteiger partial charge in [0.1, 0.15) is 5.58 Å². The minimum Gasteiger partial charge on any atom is -0.449 e. The summed E-state index contributed by atoms with van der Waals surface area (Å²) in [6.45, 7) is 5.94. The van der Waals surface area contributed by atoms with Gasteiger partial charge in [-0.25, -0.2) is 4.79 Å². The molecule has 6 heteroatoms. The Morgan fingerprint density at radius 1 is 1.07 bits per heavy atom. The molecule has 6 nitrogen and oxygen atoms in total. The quantitative estimate of drug-likeness (QED) is 0.512. The van der Waals surface area contributed by atoms with Crippen molar-refractivity contribution in [3.05, 3.63) is 65.4 Å². The summed E-state index contributed by atoms with van der Waals surface area (Å²) in [6, 6.07) is 15.0. The van der Waals surface area contributed by atoms with Gasteiger partial charge in [-0.2, -0.15) is 0 Å². The Hall–Kier alpha value is -3.12. The summed E-state index contributed by atoms with van der Waals surface area (Å²) in [5.41, 5.74) is 2.94. The van der Waals surface area contributed by atoms with Crippen LogP contribution in [0.25, 0.3) is 11.0 Å². The lowest BCUT2D eigenvalue weighted by Gasteiger charge is -2.18. The molecule has 0 saturated carbocycles. The summed E-state index contributed by atoms with van der Waals surface area (Å²) in [5, 5.41) is 3.66. The van der Waals surface area contributed by atoms with E-state index in [1.165, 1.54) is 6.92 Å². The second kappa shape index (κ2) is 9.59. The van der Waals surface area contributed by atoms with Crippen molar-refractivity contribution >= 4 is 28.5 Å². The first kappa shape index (κ1) is 21.6. The zero-order valence-corrected chi connectivity index (χ0v) is 17.7. The number of benzene rings is 2. The number of esters is 1. The van der Waals surface area contributed by atoms with Crippen LogP contribution in [0.4, 0.5) is 5.69 Å². The van der Waals surface area contributed by atoms with Crippen LogP contribution in [0.2, 0.25) is 0 Å². The van der Waals surface area contributed by atoms with Crippen molar-refractivity contribution in [2.45, 2.75) is 45.8 Å². The van der Waals surface area contributed by atoms with Crippen molar-refractivity contribution < 1.29 is 23.5 Å². The van der Waals surface area contributed by atoms with E-state index in [1.807, 2.05) is 42.5 Å². The normalized spacial score (nSPS) is 13.1. The largest absolute Gasteiger partial charge is 0.449 e. The monoisotopic (exact) mass is 409 g/mol. The molecule has 0 saturated heterocycles. The van der Waals surface area contributed by atoms with Gasteiger partial charge in [-0.1, -0.05) is 50.2 Å². The zero-order chi connectivity index (χ0) is 21.7. The average Bonchev–Trinajstić information content (AvgIpc) is 3.12. The van der Waals surface area contributed by atoms with Crippen LogP contribution >= 0.6 is 0 Å². The molecular weight excluding hydrogens is 382 g/mol. The van der Waals surface area contributed by atoms with Gasteiger partial charge >= 0.3 is 5.97 Å². The van der Waals surface area contributed by atoms with E-state index in [0.29, 0.717) is 17.1 Å². The van der Waals surface area contributed by atoms with Gasteiger partial charge < -0.3 is 19.2 Å². The number of hydrogen-bond acceptors (Lipinski definition) is 5. The molecule has 2 aromatic carbocycles. The maximum Gasteiger partial charge on any atom is 0.375 e. The van der Waals surface area contributed by atoms with Crippen LogP contribution in [0.1, 0.15) is 54.8 Å². The number of methoxy groups -OCH3 is 1. The molecular formula is C24H27NO5. The summed E-state index contributed by atoms with van der Waals surface area (Å²) in [7, 11) is 1.54. The molecule has 158 valence electrons. The van der Waals surface area contributed by atoms with Crippen LogP contribution in [0.3, 0.4) is 0 Å². The number of nitrogens with one attached hydrogen (secondary N) is 1. The molecule has 1 N–H and O–H groups in total. The molecule has 30 heavy (non-hydrogen) atoms. The predicted octanol–water partition coefficient (Wildman–Crippen LogP) is 5.28. The number of rotatable bonds is 8. The maximum atomic E-state index is 12.7. The lowest BCUT2D eigenvalue weighted by molar-refractivity contribution is -0.123. The van der Waals surface area contributed by atoms with E-state index in [-0.39, 0.29) is 12.4 Å². The predicted molar refractivity (Wildman–Crippen MR) is 116 cm³/mol. The molecule has 0 aliphatic carbocycles. The van der Waals surface area contributed by atoms with Gasteiger partial charge in [0.25, 0.3) is 5.91 Å².